The molecule has 0 radical (unpaired) electrons. The Morgan fingerprint density at radius 1 is 1.41 bits per heavy atom. The number of nitriles is 1. The molecule has 0 aromatic heterocycles. The van der Waals surface area contributed by atoms with Gasteiger partial charge in [-0.15, -0.1) is 0 Å². The SMILES string of the molecule is COCC(CCCN)Nc1ccc(C#N)cc1. The highest BCUT2D eigenvalue weighted by Gasteiger charge is 2.07. The van der Waals surface area contributed by atoms with Crippen LogP contribution in [0.25, 0.3) is 0 Å². The molecule has 0 saturated heterocycles. The van der Waals surface area contributed by atoms with Gasteiger partial charge in [-0.2, -0.15) is 5.26 Å². The quantitative estimate of drug-likeness (QED) is 0.752. The van der Waals surface area contributed by atoms with Gasteiger partial charge >= 0.3 is 0 Å². The van der Waals surface area contributed by atoms with E-state index in [1.54, 1.807) is 19.2 Å². The van der Waals surface area contributed by atoms with Crippen molar-refractivity contribution in [2.24, 2.45) is 5.73 Å². The van der Waals surface area contributed by atoms with E-state index in [2.05, 4.69) is 11.4 Å². The first kappa shape index (κ1) is 13.5. The van der Waals surface area contributed by atoms with E-state index in [1.165, 1.54) is 0 Å². The van der Waals surface area contributed by atoms with Gasteiger partial charge < -0.3 is 15.8 Å². The van der Waals surface area contributed by atoms with Gasteiger partial charge in [0.2, 0.25) is 0 Å². The number of rotatable bonds is 7. The van der Waals surface area contributed by atoms with Crippen LogP contribution in [0.2, 0.25) is 0 Å². The number of nitrogens with two attached hydrogens (primary N) is 1. The lowest BCUT2D eigenvalue weighted by molar-refractivity contribution is 0.182. The summed E-state index contributed by atoms with van der Waals surface area (Å²) in [6.07, 6.45) is 1.95. The predicted molar refractivity (Wildman–Crippen MR) is 68.7 cm³/mol. The molecule has 0 saturated carbocycles. The van der Waals surface area contributed by atoms with Crippen LogP contribution in [0.4, 0.5) is 5.69 Å². The molecule has 3 N–H and O–H groups in total. The number of hydrogen-bond acceptors (Lipinski definition) is 4. The number of nitrogens with zero attached hydrogens (tertiary/aromatic N) is 1. The molecule has 1 unspecified atom stereocenters. The minimum Gasteiger partial charge on any atom is -0.383 e. The Morgan fingerprint density at radius 3 is 2.65 bits per heavy atom. The Balaban J connectivity index is 2.55. The van der Waals surface area contributed by atoms with E-state index < -0.39 is 0 Å². The van der Waals surface area contributed by atoms with Crippen molar-refractivity contribution in [3.63, 3.8) is 0 Å². The maximum atomic E-state index is 8.71. The minimum absolute atomic E-state index is 0.261. The van der Waals surface area contributed by atoms with Crippen LogP contribution in [0.1, 0.15) is 18.4 Å². The zero-order valence-electron chi connectivity index (χ0n) is 10.1. The summed E-state index contributed by atoms with van der Waals surface area (Å²) in [5.74, 6) is 0. The molecular weight excluding hydrogens is 214 g/mol. The van der Waals surface area contributed by atoms with Gasteiger partial charge in [0.1, 0.15) is 0 Å². The smallest absolute Gasteiger partial charge is 0.0991 e. The van der Waals surface area contributed by atoms with Crippen molar-refractivity contribution < 1.29 is 4.74 Å². The lowest BCUT2D eigenvalue weighted by Crippen LogP contribution is -2.25. The number of methoxy groups -OCH3 is 1. The van der Waals surface area contributed by atoms with Crippen LogP contribution in [-0.4, -0.2) is 26.3 Å². The molecule has 1 atom stereocenters. The fourth-order valence-corrected chi connectivity index (χ4v) is 1.64. The van der Waals surface area contributed by atoms with Crippen LogP contribution in [0.5, 0.6) is 0 Å². The van der Waals surface area contributed by atoms with E-state index >= 15 is 0 Å². The zero-order valence-corrected chi connectivity index (χ0v) is 10.1. The summed E-state index contributed by atoms with van der Waals surface area (Å²) in [5, 5.41) is 12.1. The van der Waals surface area contributed by atoms with Crippen molar-refractivity contribution >= 4 is 5.69 Å². The van der Waals surface area contributed by atoms with Crippen LogP contribution in [0, 0.1) is 11.3 Å². The third-order valence-corrected chi connectivity index (χ3v) is 2.51. The van der Waals surface area contributed by atoms with Gasteiger partial charge in [0.15, 0.2) is 0 Å². The molecular formula is C13H19N3O. The maximum Gasteiger partial charge on any atom is 0.0991 e. The second-order valence-electron chi connectivity index (χ2n) is 3.92. The van der Waals surface area contributed by atoms with Crippen LogP contribution in [0.15, 0.2) is 24.3 Å². The van der Waals surface area contributed by atoms with E-state index in [0.717, 1.165) is 18.5 Å². The largest absolute Gasteiger partial charge is 0.383 e. The normalized spacial score (nSPS) is 11.8. The van der Waals surface area contributed by atoms with Crippen molar-refractivity contribution in [2.75, 3.05) is 25.6 Å². The number of anilines is 1. The van der Waals surface area contributed by atoms with Crippen molar-refractivity contribution in [3.05, 3.63) is 29.8 Å². The molecule has 0 spiro atoms. The molecule has 92 valence electrons. The first-order valence-corrected chi connectivity index (χ1v) is 5.76. The van der Waals surface area contributed by atoms with Crippen molar-refractivity contribution in [3.8, 4) is 6.07 Å². The predicted octanol–water partition coefficient (Wildman–Crippen LogP) is 1.72. The van der Waals surface area contributed by atoms with Gasteiger partial charge in [-0.1, -0.05) is 0 Å². The summed E-state index contributed by atoms with van der Waals surface area (Å²) < 4.78 is 5.16. The molecule has 1 aromatic rings. The minimum atomic E-state index is 0.261. The van der Waals surface area contributed by atoms with Gasteiger partial charge in [-0.05, 0) is 43.7 Å². The highest BCUT2D eigenvalue weighted by molar-refractivity contribution is 5.47. The average Bonchev–Trinajstić information content (AvgIpc) is 2.37. The molecule has 0 bridgehead atoms. The monoisotopic (exact) mass is 233 g/mol. The lowest BCUT2D eigenvalue weighted by Gasteiger charge is -2.18. The Kier molecular flexibility index (Phi) is 6.08. The summed E-state index contributed by atoms with van der Waals surface area (Å²) >= 11 is 0. The number of benzene rings is 1. The summed E-state index contributed by atoms with van der Waals surface area (Å²) in [6.45, 7) is 1.34. The lowest BCUT2D eigenvalue weighted by atomic mass is 10.1. The molecule has 17 heavy (non-hydrogen) atoms. The van der Waals surface area contributed by atoms with Crippen LogP contribution >= 0.6 is 0 Å². The van der Waals surface area contributed by atoms with Crippen LogP contribution in [0.3, 0.4) is 0 Å². The van der Waals surface area contributed by atoms with Crippen molar-refractivity contribution in [1.29, 1.82) is 5.26 Å². The van der Waals surface area contributed by atoms with Crippen molar-refractivity contribution in [1.82, 2.24) is 0 Å². The molecule has 0 heterocycles. The number of ether oxygens (including phenoxy) is 1. The fourth-order valence-electron chi connectivity index (χ4n) is 1.64. The Morgan fingerprint density at radius 2 is 2.12 bits per heavy atom. The van der Waals surface area contributed by atoms with Gasteiger partial charge in [0.05, 0.1) is 18.2 Å². The van der Waals surface area contributed by atoms with Gasteiger partial charge in [-0.3, -0.25) is 0 Å². The van der Waals surface area contributed by atoms with Crippen molar-refractivity contribution in [2.45, 2.75) is 18.9 Å². The highest BCUT2D eigenvalue weighted by atomic mass is 16.5. The summed E-state index contributed by atoms with van der Waals surface area (Å²) in [7, 11) is 1.69. The fraction of sp³-hybridized carbons (Fsp3) is 0.462. The molecule has 0 amide bonds. The van der Waals surface area contributed by atoms with E-state index in [-0.39, 0.29) is 6.04 Å². The van der Waals surface area contributed by atoms with E-state index in [4.69, 9.17) is 15.7 Å². The number of nitrogens with one attached hydrogen (secondary N) is 1. The first-order chi connectivity index (χ1) is 8.30. The van der Waals surface area contributed by atoms with Crippen LogP contribution in [-0.2, 0) is 4.74 Å². The molecule has 0 aliphatic rings. The van der Waals surface area contributed by atoms with E-state index in [0.29, 0.717) is 18.7 Å². The Hall–Kier alpha value is -1.57. The summed E-state index contributed by atoms with van der Waals surface area (Å²) in [4.78, 5) is 0. The molecule has 4 nitrogen and oxygen atoms in total. The Bertz CT molecular complexity index is 356. The zero-order chi connectivity index (χ0) is 12.5. The first-order valence-electron chi connectivity index (χ1n) is 5.76. The Labute approximate surface area is 102 Å². The molecule has 1 rings (SSSR count). The molecule has 0 fully saturated rings. The average molecular weight is 233 g/mol. The van der Waals surface area contributed by atoms with Gasteiger partial charge in [0.25, 0.3) is 0 Å². The highest BCUT2D eigenvalue weighted by Crippen LogP contribution is 2.12. The maximum absolute atomic E-state index is 8.71. The molecule has 4 heteroatoms. The second kappa shape index (κ2) is 7.66. The third-order valence-electron chi connectivity index (χ3n) is 2.51. The van der Waals surface area contributed by atoms with Gasteiger partial charge in [-0.25, -0.2) is 0 Å². The topological polar surface area (TPSA) is 71.1 Å². The molecule has 1 aromatic carbocycles. The standard InChI is InChI=1S/C13H19N3O/c1-17-10-13(3-2-8-14)16-12-6-4-11(9-15)5-7-12/h4-7,13,16H,2-3,8,10,14H2,1H3. The summed E-state index contributed by atoms with van der Waals surface area (Å²) in [5.41, 5.74) is 7.17. The summed E-state index contributed by atoms with van der Waals surface area (Å²) in [6, 6.07) is 9.77. The second-order valence-corrected chi connectivity index (χ2v) is 3.92. The van der Waals surface area contributed by atoms with E-state index in [1.807, 2.05) is 12.1 Å². The molecule has 0 aliphatic heterocycles. The van der Waals surface area contributed by atoms with E-state index in [9.17, 15) is 0 Å². The third kappa shape index (κ3) is 4.85. The number of hydrogen-bond donors (Lipinski definition) is 2. The molecule has 0 aliphatic carbocycles. The van der Waals surface area contributed by atoms with Crippen LogP contribution < -0.4 is 11.1 Å². The van der Waals surface area contributed by atoms with Gasteiger partial charge in [0, 0.05) is 18.8 Å².